The summed E-state index contributed by atoms with van der Waals surface area (Å²) in [6.07, 6.45) is 4.03. The summed E-state index contributed by atoms with van der Waals surface area (Å²) in [5, 5.41) is 0. The Morgan fingerprint density at radius 2 is 2.05 bits per heavy atom. The van der Waals surface area contributed by atoms with E-state index in [4.69, 9.17) is 5.73 Å². The highest BCUT2D eigenvalue weighted by atomic mass is 16.2. The molecule has 1 amide bonds. The van der Waals surface area contributed by atoms with Gasteiger partial charge in [0, 0.05) is 25.3 Å². The van der Waals surface area contributed by atoms with Gasteiger partial charge in [-0.2, -0.15) is 0 Å². The smallest absolute Gasteiger partial charge is 0.271 e. The van der Waals surface area contributed by atoms with E-state index >= 15 is 0 Å². The van der Waals surface area contributed by atoms with Crippen LogP contribution in [0.25, 0.3) is 0 Å². The van der Waals surface area contributed by atoms with Crippen molar-refractivity contribution in [2.24, 2.45) is 0 Å². The minimum Gasteiger partial charge on any atom is -0.397 e. The van der Waals surface area contributed by atoms with Gasteiger partial charge in [-0.15, -0.1) is 0 Å². The van der Waals surface area contributed by atoms with Gasteiger partial charge in [-0.05, 0) is 31.4 Å². The summed E-state index contributed by atoms with van der Waals surface area (Å²) in [6.45, 7) is 3.44. The summed E-state index contributed by atoms with van der Waals surface area (Å²) in [5.41, 5.74) is 8.35. The first-order valence-corrected chi connectivity index (χ1v) is 7.49. The molecule has 0 saturated heterocycles. The molecule has 2 N–H and O–H groups in total. The lowest BCUT2D eigenvalue weighted by Gasteiger charge is -2.23. The van der Waals surface area contributed by atoms with Gasteiger partial charge in [-0.25, -0.2) is 0 Å². The molecule has 0 aliphatic heterocycles. The minimum absolute atomic E-state index is 0.0832. The Hall–Kier alpha value is -2.23. The van der Waals surface area contributed by atoms with Crippen LogP contribution >= 0.6 is 0 Å². The van der Waals surface area contributed by atoms with Crippen molar-refractivity contribution >= 4 is 11.6 Å². The molecule has 4 nitrogen and oxygen atoms in total. The minimum atomic E-state index is 0.0832. The Kier molecular flexibility index (Phi) is 3.69. The molecule has 4 heteroatoms. The van der Waals surface area contributed by atoms with Gasteiger partial charge in [0.1, 0.15) is 5.69 Å². The molecule has 0 atom stereocenters. The maximum atomic E-state index is 12.9. The standard InChI is InChI=1S/C17H21N3O/c1-2-19-12-14(18)10-16(19)17(21)20(15-8-9-15)11-13-6-4-3-5-7-13/h3-7,10,12,15H,2,8-9,11,18H2,1H3. The lowest BCUT2D eigenvalue weighted by molar-refractivity contribution is 0.0719. The second-order valence-electron chi connectivity index (χ2n) is 5.59. The van der Waals surface area contributed by atoms with Crippen molar-refractivity contribution in [3.05, 3.63) is 53.9 Å². The lowest BCUT2D eigenvalue weighted by Crippen LogP contribution is -2.33. The molecule has 1 aromatic heterocycles. The zero-order valence-corrected chi connectivity index (χ0v) is 12.3. The third-order valence-electron chi connectivity index (χ3n) is 3.92. The first-order chi connectivity index (χ1) is 10.2. The fraction of sp³-hybridized carbons (Fsp3) is 0.353. The van der Waals surface area contributed by atoms with E-state index in [0.29, 0.717) is 24.0 Å². The molecule has 1 fully saturated rings. The number of aromatic nitrogens is 1. The number of nitrogens with two attached hydrogens (primary N) is 1. The largest absolute Gasteiger partial charge is 0.397 e. The number of nitrogens with zero attached hydrogens (tertiary/aromatic N) is 2. The number of hydrogen-bond donors (Lipinski definition) is 1. The average molecular weight is 283 g/mol. The zero-order valence-electron chi connectivity index (χ0n) is 12.3. The van der Waals surface area contributed by atoms with Gasteiger partial charge in [0.15, 0.2) is 0 Å². The molecule has 0 bridgehead atoms. The number of benzene rings is 1. The van der Waals surface area contributed by atoms with Gasteiger partial charge < -0.3 is 15.2 Å². The van der Waals surface area contributed by atoms with E-state index in [2.05, 4.69) is 12.1 Å². The Balaban J connectivity index is 1.85. The molecule has 0 radical (unpaired) electrons. The molecular weight excluding hydrogens is 262 g/mol. The third-order valence-corrected chi connectivity index (χ3v) is 3.92. The zero-order chi connectivity index (χ0) is 14.8. The molecule has 110 valence electrons. The molecule has 1 heterocycles. The molecule has 2 aromatic rings. The number of anilines is 1. The van der Waals surface area contributed by atoms with Crippen LogP contribution in [0.5, 0.6) is 0 Å². The molecule has 3 rings (SSSR count). The van der Waals surface area contributed by atoms with Crippen LogP contribution in [-0.2, 0) is 13.1 Å². The van der Waals surface area contributed by atoms with Crippen LogP contribution in [0, 0.1) is 0 Å². The second kappa shape index (κ2) is 5.64. The van der Waals surface area contributed by atoms with Gasteiger partial charge in [-0.3, -0.25) is 4.79 Å². The fourth-order valence-corrected chi connectivity index (χ4v) is 2.65. The summed E-state index contributed by atoms with van der Waals surface area (Å²) in [7, 11) is 0. The molecule has 21 heavy (non-hydrogen) atoms. The second-order valence-corrected chi connectivity index (χ2v) is 5.59. The topological polar surface area (TPSA) is 51.3 Å². The first kappa shape index (κ1) is 13.7. The Bertz CT molecular complexity index is 629. The van der Waals surface area contributed by atoms with Crippen molar-refractivity contribution in [3.63, 3.8) is 0 Å². The van der Waals surface area contributed by atoms with Crippen molar-refractivity contribution in [2.45, 2.75) is 38.9 Å². The predicted molar refractivity (Wildman–Crippen MR) is 83.9 cm³/mol. The van der Waals surface area contributed by atoms with Crippen LogP contribution in [0.15, 0.2) is 42.6 Å². The molecule has 0 unspecified atom stereocenters. The number of aryl methyl sites for hydroxylation is 1. The first-order valence-electron chi connectivity index (χ1n) is 7.49. The molecule has 0 spiro atoms. The van der Waals surface area contributed by atoms with E-state index in [1.165, 1.54) is 5.56 Å². The van der Waals surface area contributed by atoms with Crippen molar-refractivity contribution in [1.82, 2.24) is 9.47 Å². The van der Waals surface area contributed by atoms with Crippen LogP contribution in [0.4, 0.5) is 5.69 Å². The van der Waals surface area contributed by atoms with Crippen molar-refractivity contribution < 1.29 is 4.79 Å². The van der Waals surface area contributed by atoms with Gasteiger partial charge in [0.2, 0.25) is 0 Å². The van der Waals surface area contributed by atoms with E-state index in [-0.39, 0.29) is 5.91 Å². The average Bonchev–Trinajstić information content (AvgIpc) is 3.27. The number of hydrogen-bond acceptors (Lipinski definition) is 2. The summed E-state index contributed by atoms with van der Waals surface area (Å²) >= 11 is 0. The molecular formula is C17H21N3O. The Morgan fingerprint density at radius 1 is 1.33 bits per heavy atom. The van der Waals surface area contributed by atoms with Crippen LogP contribution in [-0.4, -0.2) is 21.4 Å². The van der Waals surface area contributed by atoms with E-state index in [9.17, 15) is 4.79 Å². The predicted octanol–water partition coefficient (Wildman–Crippen LogP) is 2.90. The van der Waals surface area contributed by atoms with Crippen LogP contribution < -0.4 is 5.73 Å². The molecule has 1 aliphatic rings. The highest BCUT2D eigenvalue weighted by Crippen LogP contribution is 2.30. The maximum absolute atomic E-state index is 12.9. The van der Waals surface area contributed by atoms with E-state index in [0.717, 1.165) is 19.4 Å². The monoisotopic (exact) mass is 283 g/mol. The number of nitrogen functional groups attached to an aromatic ring is 1. The number of carbonyl (C=O) groups is 1. The number of carbonyl (C=O) groups excluding carboxylic acids is 1. The van der Waals surface area contributed by atoms with Gasteiger partial charge in [0.25, 0.3) is 5.91 Å². The van der Waals surface area contributed by atoms with E-state index < -0.39 is 0 Å². The molecule has 1 aliphatic carbocycles. The van der Waals surface area contributed by atoms with Crippen LogP contribution in [0.2, 0.25) is 0 Å². The lowest BCUT2D eigenvalue weighted by atomic mass is 10.2. The van der Waals surface area contributed by atoms with Crippen molar-refractivity contribution in [2.75, 3.05) is 5.73 Å². The normalized spacial score (nSPS) is 14.1. The van der Waals surface area contributed by atoms with E-state index in [1.807, 2.05) is 40.8 Å². The van der Waals surface area contributed by atoms with Gasteiger partial charge in [-0.1, -0.05) is 30.3 Å². The SMILES string of the molecule is CCn1cc(N)cc1C(=O)N(Cc1ccccc1)C1CC1. The van der Waals surface area contributed by atoms with Gasteiger partial charge in [0.05, 0.1) is 5.69 Å². The van der Waals surface area contributed by atoms with Crippen LogP contribution in [0.1, 0.15) is 35.8 Å². The third kappa shape index (κ3) is 2.94. The Morgan fingerprint density at radius 3 is 2.67 bits per heavy atom. The molecule has 1 aromatic carbocycles. The Labute approximate surface area is 125 Å². The fourth-order valence-electron chi connectivity index (χ4n) is 2.65. The van der Waals surface area contributed by atoms with E-state index in [1.54, 1.807) is 6.07 Å². The summed E-state index contributed by atoms with van der Waals surface area (Å²) in [6, 6.07) is 12.3. The van der Waals surface area contributed by atoms with Crippen LogP contribution in [0.3, 0.4) is 0 Å². The summed E-state index contributed by atoms with van der Waals surface area (Å²) < 4.78 is 1.93. The summed E-state index contributed by atoms with van der Waals surface area (Å²) in [4.78, 5) is 14.9. The number of amides is 1. The van der Waals surface area contributed by atoms with Crippen molar-refractivity contribution in [1.29, 1.82) is 0 Å². The van der Waals surface area contributed by atoms with Gasteiger partial charge >= 0.3 is 0 Å². The summed E-state index contributed by atoms with van der Waals surface area (Å²) in [5.74, 6) is 0.0832. The number of rotatable bonds is 5. The quantitative estimate of drug-likeness (QED) is 0.917. The molecule has 1 saturated carbocycles. The highest BCUT2D eigenvalue weighted by molar-refractivity contribution is 5.94. The maximum Gasteiger partial charge on any atom is 0.271 e. The van der Waals surface area contributed by atoms with Crippen molar-refractivity contribution in [3.8, 4) is 0 Å². The highest BCUT2D eigenvalue weighted by Gasteiger charge is 2.34.